The highest BCUT2D eigenvalue weighted by atomic mass is 16.2. The van der Waals surface area contributed by atoms with Crippen LogP contribution < -0.4 is 10.2 Å². The van der Waals surface area contributed by atoms with Gasteiger partial charge < -0.3 is 20.0 Å². The lowest BCUT2D eigenvalue weighted by molar-refractivity contribution is 0.187. The Morgan fingerprint density at radius 2 is 1.88 bits per heavy atom. The number of likely N-dealkylation sites (tertiary alicyclic amines) is 1. The molecule has 2 aliphatic rings. The van der Waals surface area contributed by atoms with Crippen LogP contribution in [0.5, 0.6) is 0 Å². The highest BCUT2D eigenvalue weighted by Crippen LogP contribution is 2.28. The summed E-state index contributed by atoms with van der Waals surface area (Å²) in [6.45, 7) is 12.9. The molecule has 5 nitrogen and oxygen atoms in total. The molecule has 1 aromatic rings. The Morgan fingerprint density at radius 1 is 1.16 bits per heavy atom. The van der Waals surface area contributed by atoms with Crippen molar-refractivity contribution in [3.8, 4) is 0 Å². The second-order valence-corrected chi connectivity index (χ2v) is 8.22. The van der Waals surface area contributed by atoms with Gasteiger partial charge in [0.05, 0.1) is 0 Å². The molecule has 1 unspecified atom stereocenters. The van der Waals surface area contributed by atoms with Crippen molar-refractivity contribution in [2.75, 3.05) is 57.8 Å². The zero-order chi connectivity index (χ0) is 18.0. The number of nitrogens with zero attached hydrogens (tertiary/aromatic N) is 3. The molecular weight excluding hydrogens is 312 g/mol. The van der Waals surface area contributed by atoms with E-state index in [4.69, 9.17) is 0 Å². The first-order chi connectivity index (χ1) is 11.9. The van der Waals surface area contributed by atoms with E-state index < -0.39 is 0 Å². The van der Waals surface area contributed by atoms with E-state index in [9.17, 15) is 4.79 Å². The van der Waals surface area contributed by atoms with Crippen molar-refractivity contribution in [1.82, 2.24) is 15.1 Å². The standard InChI is InChI=1S/C20H32N4O/c1-16-5-6-18(17(2)13-16)23-9-11-24(12-10-23)19(25)21-14-20(3)7-8-22(4)15-20/h5-6,13H,7-12,14-15H2,1-4H3,(H,21,25). The number of aryl methyl sites for hydroxylation is 2. The molecule has 138 valence electrons. The Hall–Kier alpha value is -1.75. The third-order valence-electron chi connectivity index (χ3n) is 5.67. The second-order valence-electron chi connectivity index (χ2n) is 8.22. The van der Waals surface area contributed by atoms with Gasteiger partial charge in [-0.1, -0.05) is 24.6 Å². The van der Waals surface area contributed by atoms with Crippen molar-refractivity contribution >= 4 is 11.7 Å². The summed E-state index contributed by atoms with van der Waals surface area (Å²) in [7, 11) is 2.15. The van der Waals surface area contributed by atoms with Crippen LogP contribution in [0.4, 0.5) is 10.5 Å². The molecule has 0 bridgehead atoms. The van der Waals surface area contributed by atoms with Gasteiger partial charge in [0, 0.05) is 45.0 Å². The van der Waals surface area contributed by atoms with Gasteiger partial charge in [0.1, 0.15) is 0 Å². The van der Waals surface area contributed by atoms with Gasteiger partial charge in [-0.2, -0.15) is 0 Å². The van der Waals surface area contributed by atoms with Gasteiger partial charge in [0.2, 0.25) is 0 Å². The van der Waals surface area contributed by atoms with Gasteiger partial charge >= 0.3 is 6.03 Å². The van der Waals surface area contributed by atoms with Crippen molar-refractivity contribution in [2.24, 2.45) is 5.41 Å². The maximum atomic E-state index is 12.5. The molecule has 3 rings (SSSR count). The number of carbonyl (C=O) groups is 1. The third-order valence-corrected chi connectivity index (χ3v) is 5.67. The van der Waals surface area contributed by atoms with Crippen LogP contribution in [0.2, 0.25) is 0 Å². The van der Waals surface area contributed by atoms with Crippen molar-refractivity contribution in [1.29, 1.82) is 0 Å². The lowest BCUT2D eigenvalue weighted by atomic mass is 9.90. The predicted octanol–water partition coefficient (Wildman–Crippen LogP) is 2.48. The summed E-state index contributed by atoms with van der Waals surface area (Å²) >= 11 is 0. The fourth-order valence-corrected chi connectivity index (χ4v) is 4.13. The van der Waals surface area contributed by atoms with E-state index in [0.717, 1.165) is 52.2 Å². The van der Waals surface area contributed by atoms with Gasteiger partial charge in [-0.3, -0.25) is 0 Å². The maximum absolute atomic E-state index is 12.5. The molecule has 5 heteroatoms. The van der Waals surface area contributed by atoms with Gasteiger partial charge in [-0.05, 0) is 50.9 Å². The van der Waals surface area contributed by atoms with E-state index in [2.05, 4.69) is 61.1 Å². The second kappa shape index (κ2) is 7.24. The average Bonchev–Trinajstić information content (AvgIpc) is 2.92. The van der Waals surface area contributed by atoms with Crippen molar-refractivity contribution < 1.29 is 4.79 Å². The normalized spacial score (nSPS) is 24.6. The quantitative estimate of drug-likeness (QED) is 0.916. The SMILES string of the molecule is Cc1ccc(N2CCN(C(=O)NCC3(C)CCN(C)C3)CC2)c(C)c1. The number of piperazine rings is 1. The topological polar surface area (TPSA) is 38.8 Å². The van der Waals surface area contributed by atoms with Crippen LogP contribution >= 0.6 is 0 Å². The minimum Gasteiger partial charge on any atom is -0.368 e. The lowest BCUT2D eigenvalue weighted by Gasteiger charge is -2.37. The van der Waals surface area contributed by atoms with Crippen molar-refractivity contribution in [3.05, 3.63) is 29.3 Å². The molecule has 2 aliphatic heterocycles. The van der Waals surface area contributed by atoms with Crippen LogP contribution in [0, 0.1) is 19.3 Å². The Balaban J connectivity index is 1.49. The summed E-state index contributed by atoms with van der Waals surface area (Å²) in [5.74, 6) is 0. The number of hydrogen-bond donors (Lipinski definition) is 1. The molecule has 2 fully saturated rings. The molecule has 0 aromatic heterocycles. The van der Waals surface area contributed by atoms with Crippen LogP contribution in [0.25, 0.3) is 0 Å². The van der Waals surface area contributed by atoms with E-state index in [1.54, 1.807) is 0 Å². The highest BCUT2D eigenvalue weighted by Gasteiger charge is 2.33. The van der Waals surface area contributed by atoms with Crippen LogP contribution in [-0.2, 0) is 0 Å². The number of nitrogens with one attached hydrogen (secondary N) is 1. The molecule has 2 amide bonds. The number of urea groups is 1. The van der Waals surface area contributed by atoms with E-state index in [0.29, 0.717) is 0 Å². The minimum absolute atomic E-state index is 0.0936. The smallest absolute Gasteiger partial charge is 0.317 e. The summed E-state index contributed by atoms with van der Waals surface area (Å²) in [4.78, 5) is 19.2. The zero-order valence-corrected chi connectivity index (χ0v) is 16.1. The highest BCUT2D eigenvalue weighted by molar-refractivity contribution is 5.74. The van der Waals surface area contributed by atoms with Crippen molar-refractivity contribution in [2.45, 2.75) is 27.2 Å². The van der Waals surface area contributed by atoms with Gasteiger partial charge in [-0.15, -0.1) is 0 Å². The van der Waals surface area contributed by atoms with Gasteiger partial charge in [0.25, 0.3) is 0 Å². The number of carbonyl (C=O) groups excluding carboxylic acids is 1. The molecule has 0 radical (unpaired) electrons. The Bertz CT molecular complexity index is 624. The Morgan fingerprint density at radius 3 is 2.48 bits per heavy atom. The fraction of sp³-hybridized carbons (Fsp3) is 0.650. The summed E-state index contributed by atoms with van der Waals surface area (Å²) in [5.41, 5.74) is 4.12. The van der Waals surface area contributed by atoms with Gasteiger partial charge in [-0.25, -0.2) is 4.79 Å². The van der Waals surface area contributed by atoms with Crippen LogP contribution in [0.1, 0.15) is 24.5 Å². The molecular formula is C20H32N4O. The molecule has 1 atom stereocenters. The first kappa shape index (κ1) is 18.1. The Labute approximate surface area is 152 Å². The van der Waals surface area contributed by atoms with Crippen molar-refractivity contribution in [3.63, 3.8) is 0 Å². The fourth-order valence-electron chi connectivity index (χ4n) is 4.13. The first-order valence-electron chi connectivity index (χ1n) is 9.40. The minimum atomic E-state index is 0.0936. The molecule has 0 spiro atoms. The molecule has 2 heterocycles. The zero-order valence-electron chi connectivity index (χ0n) is 16.1. The first-order valence-corrected chi connectivity index (χ1v) is 9.40. The molecule has 0 aliphatic carbocycles. The maximum Gasteiger partial charge on any atom is 0.317 e. The van der Waals surface area contributed by atoms with E-state index in [-0.39, 0.29) is 11.4 Å². The molecule has 1 aromatic carbocycles. The van der Waals surface area contributed by atoms with Crippen LogP contribution in [-0.4, -0.2) is 68.7 Å². The summed E-state index contributed by atoms with van der Waals surface area (Å²) < 4.78 is 0. The molecule has 0 saturated carbocycles. The van der Waals surface area contributed by atoms with Crippen LogP contribution in [0.3, 0.4) is 0 Å². The van der Waals surface area contributed by atoms with E-state index in [1.165, 1.54) is 16.8 Å². The Kier molecular flexibility index (Phi) is 5.23. The molecule has 1 N–H and O–H groups in total. The third kappa shape index (κ3) is 4.27. The summed E-state index contributed by atoms with van der Waals surface area (Å²) in [5, 5.41) is 3.17. The number of rotatable bonds is 3. The van der Waals surface area contributed by atoms with Crippen LogP contribution in [0.15, 0.2) is 18.2 Å². The number of benzene rings is 1. The monoisotopic (exact) mass is 344 g/mol. The molecule has 2 saturated heterocycles. The molecule has 25 heavy (non-hydrogen) atoms. The number of anilines is 1. The van der Waals surface area contributed by atoms with Gasteiger partial charge in [0.15, 0.2) is 0 Å². The lowest BCUT2D eigenvalue weighted by Crippen LogP contribution is -2.53. The summed E-state index contributed by atoms with van der Waals surface area (Å²) in [6.07, 6.45) is 1.16. The predicted molar refractivity (Wildman–Crippen MR) is 103 cm³/mol. The number of hydrogen-bond acceptors (Lipinski definition) is 3. The average molecular weight is 345 g/mol. The largest absolute Gasteiger partial charge is 0.368 e. The van der Waals surface area contributed by atoms with E-state index in [1.807, 2.05) is 4.90 Å². The summed E-state index contributed by atoms with van der Waals surface area (Å²) in [6, 6.07) is 6.70. The number of amides is 2. The van der Waals surface area contributed by atoms with E-state index >= 15 is 0 Å².